The Morgan fingerprint density at radius 2 is 1.92 bits per heavy atom. The van der Waals surface area contributed by atoms with Crippen LogP contribution in [0.25, 0.3) is 10.9 Å². The molecule has 3 aromatic rings. The van der Waals surface area contributed by atoms with Crippen molar-refractivity contribution in [1.29, 1.82) is 0 Å². The van der Waals surface area contributed by atoms with E-state index >= 15 is 0 Å². The van der Waals surface area contributed by atoms with Crippen LogP contribution in [0.1, 0.15) is 28.8 Å². The smallest absolute Gasteiger partial charge is 0.251 e. The Morgan fingerprint density at radius 3 is 2.62 bits per heavy atom. The highest BCUT2D eigenvalue weighted by Gasteiger charge is 2.45. The van der Waals surface area contributed by atoms with Crippen molar-refractivity contribution in [3.8, 4) is 5.75 Å². The van der Waals surface area contributed by atoms with E-state index in [2.05, 4.69) is 34.7 Å². The van der Waals surface area contributed by atoms with Gasteiger partial charge in [0.25, 0.3) is 5.91 Å². The zero-order valence-corrected chi connectivity index (χ0v) is 13.6. The van der Waals surface area contributed by atoms with Crippen LogP contribution < -0.4 is 10.1 Å². The fraction of sp³-hybridized carbons (Fsp3) is 0.250. The fourth-order valence-electron chi connectivity index (χ4n) is 3.30. The van der Waals surface area contributed by atoms with Gasteiger partial charge in [-0.25, -0.2) is 0 Å². The molecule has 1 aliphatic carbocycles. The second-order valence-electron chi connectivity index (χ2n) is 6.44. The van der Waals surface area contributed by atoms with Crippen molar-refractivity contribution in [3.05, 3.63) is 65.9 Å². The summed E-state index contributed by atoms with van der Waals surface area (Å²) < 4.78 is 5.13. The van der Waals surface area contributed by atoms with Gasteiger partial charge in [-0.15, -0.1) is 0 Å². The topological polar surface area (TPSA) is 54.1 Å². The average molecular weight is 320 g/mol. The van der Waals surface area contributed by atoms with Gasteiger partial charge in [0, 0.05) is 34.6 Å². The van der Waals surface area contributed by atoms with E-state index < -0.39 is 0 Å². The molecule has 1 amide bonds. The van der Waals surface area contributed by atoms with Crippen molar-refractivity contribution < 1.29 is 9.53 Å². The number of hydrogen-bond acceptors (Lipinski definition) is 2. The van der Waals surface area contributed by atoms with Crippen LogP contribution in [-0.4, -0.2) is 24.5 Å². The Hall–Kier alpha value is -2.75. The van der Waals surface area contributed by atoms with Crippen LogP contribution in [-0.2, 0) is 5.41 Å². The van der Waals surface area contributed by atoms with Gasteiger partial charge in [-0.1, -0.05) is 18.2 Å². The van der Waals surface area contributed by atoms with Crippen LogP contribution in [0.3, 0.4) is 0 Å². The molecule has 1 aromatic heterocycles. The minimum Gasteiger partial charge on any atom is -0.497 e. The van der Waals surface area contributed by atoms with Gasteiger partial charge in [0.1, 0.15) is 5.75 Å². The second-order valence-corrected chi connectivity index (χ2v) is 6.44. The van der Waals surface area contributed by atoms with E-state index in [4.69, 9.17) is 4.74 Å². The first-order valence-electron chi connectivity index (χ1n) is 8.21. The number of aromatic nitrogens is 1. The van der Waals surface area contributed by atoms with E-state index in [0.717, 1.165) is 24.1 Å². The zero-order chi connectivity index (χ0) is 16.6. The summed E-state index contributed by atoms with van der Waals surface area (Å²) in [5.41, 5.74) is 3.20. The lowest BCUT2D eigenvalue weighted by Crippen LogP contribution is -2.32. The van der Waals surface area contributed by atoms with Crippen LogP contribution in [0.15, 0.2) is 54.7 Å². The number of carbonyl (C=O) groups excluding carboxylic acids is 1. The maximum atomic E-state index is 12.4. The third-order valence-corrected chi connectivity index (χ3v) is 4.95. The molecule has 0 radical (unpaired) electrons. The van der Waals surface area contributed by atoms with Gasteiger partial charge >= 0.3 is 0 Å². The third kappa shape index (κ3) is 2.54. The maximum absolute atomic E-state index is 12.4. The largest absolute Gasteiger partial charge is 0.497 e. The number of ether oxygens (including phenoxy) is 1. The Bertz CT molecular complexity index is 876. The number of amides is 1. The Balaban J connectivity index is 1.49. The van der Waals surface area contributed by atoms with Gasteiger partial charge < -0.3 is 15.0 Å². The lowest BCUT2D eigenvalue weighted by atomic mass is 9.95. The van der Waals surface area contributed by atoms with Gasteiger partial charge in [0.05, 0.1) is 7.11 Å². The molecule has 4 nitrogen and oxygen atoms in total. The lowest BCUT2D eigenvalue weighted by Gasteiger charge is -2.16. The number of fused-ring (bicyclic) bond motifs is 1. The molecule has 122 valence electrons. The molecule has 1 aliphatic rings. The van der Waals surface area contributed by atoms with Gasteiger partial charge in [-0.3, -0.25) is 4.79 Å². The summed E-state index contributed by atoms with van der Waals surface area (Å²) >= 11 is 0. The normalized spacial score (nSPS) is 15.2. The van der Waals surface area contributed by atoms with E-state index in [9.17, 15) is 4.79 Å². The van der Waals surface area contributed by atoms with Gasteiger partial charge in [0.2, 0.25) is 0 Å². The molecule has 0 unspecified atom stereocenters. The zero-order valence-electron chi connectivity index (χ0n) is 13.6. The number of methoxy groups -OCH3 is 1. The molecule has 0 bridgehead atoms. The molecular weight excluding hydrogens is 300 g/mol. The molecular formula is C20H20N2O2. The molecule has 2 N–H and O–H groups in total. The predicted octanol–water partition coefficient (Wildman–Crippen LogP) is 3.64. The van der Waals surface area contributed by atoms with Gasteiger partial charge in [0.15, 0.2) is 0 Å². The third-order valence-electron chi connectivity index (χ3n) is 4.95. The molecule has 0 aliphatic heterocycles. The van der Waals surface area contributed by atoms with Crippen LogP contribution in [0.5, 0.6) is 5.75 Å². The van der Waals surface area contributed by atoms with Crippen molar-refractivity contribution in [1.82, 2.24) is 10.3 Å². The maximum Gasteiger partial charge on any atom is 0.251 e. The highest BCUT2D eigenvalue weighted by molar-refractivity contribution is 5.94. The van der Waals surface area contributed by atoms with E-state index in [1.807, 2.05) is 18.2 Å². The highest BCUT2D eigenvalue weighted by Crippen LogP contribution is 2.49. The second kappa shape index (κ2) is 5.71. The summed E-state index contributed by atoms with van der Waals surface area (Å²) in [5.74, 6) is 0.716. The average Bonchev–Trinajstić information content (AvgIpc) is 3.30. The Morgan fingerprint density at radius 1 is 1.17 bits per heavy atom. The van der Waals surface area contributed by atoms with E-state index in [1.165, 1.54) is 10.9 Å². The first kappa shape index (κ1) is 14.8. The number of benzene rings is 2. The molecule has 4 rings (SSSR count). The predicted molar refractivity (Wildman–Crippen MR) is 94.5 cm³/mol. The van der Waals surface area contributed by atoms with Crippen molar-refractivity contribution in [2.75, 3.05) is 13.7 Å². The Labute approximate surface area is 140 Å². The lowest BCUT2D eigenvalue weighted by molar-refractivity contribution is 0.0949. The fourth-order valence-corrected chi connectivity index (χ4v) is 3.30. The van der Waals surface area contributed by atoms with E-state index in [-0.39, 0.29) is 11.3 Å². The summed E-state index contributed by atoms with van der Waals surface area (Å²) in [4.78, 5) is 15.7. The molecule has 0 saturated heterocycles. The number of hydrogen-bond donors (Lipinski definition) is 2. The molecule has 0 spiro atoms. The molecule has 1 saturated carbocycles. The molecule has 1 heterocycles. The standard InChI is InChI=1S/C20H20N2O2/c1-24-15-8-6-14(7-9-15)19(23)22-13-20(10-11-20)17-12-21-18-5-3-2-4-16(17)18/h2-9,12,21H,10-11,13H2,1H3,(H,22,23). The van der Waals surface area contributed by atoms with E-state index in [0.29, 0.717) is 12.1 Å². The van der Waals surface area contributed by atoms with E-state index in [1.54, 1.807) is 19.2 Å². The monoisotopic (exact) mass is 320 g/mol. The van der Waals surface area contributed by atoms with Gasteiger partial charge in [-0.05, 0) is 48.7 Å². The number of aromatic amines is 1. The number of H-pyrrole nitrogens is 1. The number of nitrogens with one attached hydrogen (secondary N) is 2. The first-order valence-corrected chi connectivity index (χ1v) is 8.21. The number of para-hydroxylation sites is 1. The summed E-state index contributed by atoms with van der Waals surface area (Å²) in [5, 5.41) is 4.36. The van der Waals surface area contributed by atoms with Crippen molar-refractivity contribution >= 4 is 16.8 Å². The van der Waals surface area contributed by atoms with Crippen LogP contribution >= 0.6 is 0 Å². The van der Waals surface area contributed by atoms with Crippen molar-refractivity contribution in [2.45, 2.75) is 18.3 Å². The highest BCUT2D eigenvalue weighted by atomic mass is 16.5. The molecule has 4 heteroatoms. The molecule has 2 aromatic carbocycles. The minimum absolute atomic E-state index is 0.0382. The number of carbonyl (C=O) groups is 1. The van der Waals surface area contributed by atoms with Crippen LogP contribution in [0, 0.1) is 0 Å². The van der Waals surface area contributed by atoms with Crippen LogP contribution in [0.4, 0.5) is 0 Å². The molecule has 0 atom stereocenters. The summed E-state index contributed by atoms with van der Waals surface area (Å²) in [6.07, 6.45) is 4.31. The minimum atomic E-state index is -0.0382. The summed E-state index contributed by atoms with van der Waals surface area (Å²) in [6.45, 7) is 0.666. The SMILES string of the molecule is COc1ccc(C(=O)NCC2(c3c[nH]c4ccccc34)CC2)cc1. The van der Waals surface area contributed by atoms with Crippen molar-refractivity contribution in [3.63, 3.8) is 0 Å². The first-order chi connectivity index (χ1) is 11.7. The quantitative estimate of drug-likeness (QED) is 0.754. The number of rotatable bonds is 5. The molecule has 1 fully saturated rings. The van der Waals surface area contributed by atoms with Crippen LogP contribution in [0.2, 0.25) is 0 Å². The summed E-state index contributed by atoms with van der Waals surface area (Å²) in [7, 11) is 1.62. The van der Waals surface area contributed by atoms with Gasteiger partial charge in [-0.2, -0.15) is 0 Å². The van der Waals surface area contributed by atoms with Crippen molar-refractivity contribution in [2.24, 2.45) is 0 Å². The molecule has 24 heavy (non-hydrogen) atoms. The summed E-state index contributed by atoms with van der Waals surface area (Å²) in [6, 6.07) is 15.5. The Kier molecular flexibility index (Phi) is 3.53.